The molecule has 0 spiro atoms. The molecule has 0 saturated heterocycles. The molecule has 1 unspecified atom stereocenters. The Morgan fingerprint density at radius 1 is 1.12 bits per heavy atom. The van der Waals surface area contributed by atoms with Gasteiger partial charge in [0.05, 0.1) is 17.2 Å². The van der Waals surface area contributed by atoms with Gasteiger partial charge in [-0.25, -0.2) is 4.68 Å². The number of methoxy groups -OCH3 is 1. The number of rotatable bonds is 11. The van der Waals surface area contributed by atoms with Crippen LogP contribution in [0.3, 0.4) is 0 Å². The van der Waals surface area contributed by atoms with Crippen LogP contribution in [-0.2, 0) is 11.4 Å². The standard InChI is InChI=1S/C32H33Br2N5O3S/c1-5-6-14-43-32-37-31-35-20(3)27(30(40)36-24-9-7-8-19(2)15-24)28(39(31)38-32)22-16-25(34)29(26(17-22)41-4)42-18-21-10-12-23(33)13-11-21/h7-13,15-17,28H,5-6,14,18H2,1-4H3,(H,36,40)(H,35,37,38). The lowest BCUT2D eigenvalue weighted by molar-refractivity contribution is -0.113. The van der Waals surface area contributed by atoms with E-state index >= 15 is 0 Å². The lowest BCUT2D eigenvalue weighted by Gasteiger charge is -2.29. The number of thioether (sulfide) groups is 1. The Balaban J connectivity index is 1.53. The molecule has 0 radical (unpaired) electrons. The number of aromatic nitrogens is 3. The highest BCUT2D eigenvalue weighted by molar-refractivity contribution is 9.10. The Kier molecular flexibility index (Phi) is 10.1. The van der Waals surface area contributed by atoms with E-state index in [2.05, 4.69) is 49.4 Å². The Morgan fingerprint density at radius 3 is 2.63 bits per heavy atom. The quantitative estimate of drug-likeness (QED) is 0.118. The van der Waals surface area contributed by atoms with Crippen molar-refractivity contribution in [3.63, 3.8) is 0 Å². The molecule has 43 heavy (non-hydrogen) atoms. The summed E-state index contributed by atoms with van der Waals surface area (Å²) in [5, 5.41) is 11.9. The molecular weight excluding hydrogens is 694 g/mol. The van der Waals surface area contributed by atoms with Crippen LogP contribution < -0.4 is 20.1 Å². The summed E-state index contributed by atoms with van der Waals surface area (Å²) < 4.78 is 15.5. The molecule has 0 saturated carbocycles. The molecule has 0 fully saturated rings. The molecule has 2 N–H and O–H groups in total. The second kappa shape index (κ2) is 14.0. The third-order valence-electron chi connectivity index (χ3n) is 6.95. The molecule has 11 heteroatoms. The number of allylic oxidation sites excluding steroid dienone is 1. The number of amides is 1. The minimum atomic E-state index is -0.570. The van der Waals surface area contributed by atoms with E-state index in [4.69, 9.17) is 19.6 Å². The van der Waals surface area contributed by atoms with Gasteiger partial charge in [0, 0.05) is 21.6 Å². The summed E-state index contributed by atoms with van der Waals surface area (Å²) in [4.78, 5) is 18.7. The van der Waals surface area contributed by atoms with Crippen molar-refractivity contribution < 1.29 is 14.3 Å². The smallest absolute Gasteiger partial charge is 0.255 e. The van der Waals surface area contributed by atoms with Crippen molar-refractivity contribution in [2.75, 3.05) is 23.5 Å². The highest BCUT2D eigenvalue weighted by Crippen LogP contribution is 2.43. The summed E-state index contributed by atoms with van der Waals surface area (Å²) in [6.07, 6.45) is 2.16. The summed E-state index contributed by atoms with van der Waals surface area (Å²) >= 11 is 8.80. The third kappa shape index (κ3) is 7.27. The molecule has 1 aromatic heterocycles. The van der Waals surface area contributed by atoms with Gasteiger partial charge in [-0.05, 0) is 89.3 Å². The number of hydrogen-bond acceptors (Lipinski definition) is 7. The number of carbonyl (C=O) groups excluding carboxylic acids is 1. The summed E-state index contributed by atoms with van der Waals surface area (Å²) in [6.45, 7) is 6.41. The number of hydrogen-bond donors (Lipinski definition) is 2. The van der Waals surface area contributed by atoms with Crippen molar-refractivity contribution in [1.82, 2.24) is 14.8 Å². The zero-order valence-corrected chi connectivity index (χ0v) is 28.4. The first-order valence-electron chi connectivity index (χ1n) is 14.0. The molecule has 224 valence electrons. The molecule has 1 atom stereocenters. The number of nitrogens with one attached hydrogen (secondary N) is 2. The number of carbonyl (C=O) groups is 1. The molecule has 1 aliphatic rings. The molecule has 4 aromatic rings. The van der Waals surface area contributed by atoms with Crippen molar-refractivity contribution in [3.8, 4) is 11.5 Å². The van der Waals surface area contributed by atoms with E-state index in [1.807, 2.05) is 74.5 Å². The van der Waals surface area contributed by atoms with Crippen LogP contribution in [0.5, 0.6) is 11.5 Å². The lowest BCUT2D eigenvalue weighted by Crippen LogP contribution is -2.31. The molecule has 2 heterocycles. The maximum atomic E-state index is 13.9. The Morgan fingerprint density at radius 2 is 1.91 bits per heavy atom. The first-order chi connectivity index (χ1) is 20.8. The second-order valence-electron chi connectivity index (χ2n) is 10.2. The number of anilines is 2. The fraction of sp³-hybridized carbons (Fsp3) is 0.281. The number of aryl methyl sites for hydroxylation is 1. The Labute approximate surface area is 272 Å². The van der Waals surface area contributed by atoms with Crippen LogP contribution in [0.2, 0.25) is 0 Å². The largest absolute Gasteiger partial charge is 0.493 e. The van der Waals surface area contributed by atoms with Crippen molar-refractivity contribution in [2.24, 2.45) is 0 Å². The number of fused-ring (bicyclic) bond motifs is 1. The van der Waals surface area contributed by atoms with E-state index in [9.17, 15) is 4.79 Å². The average molecular weight is 728 g/mol. The van der Waals surface area contributed by atoms with Gasteiger partial charge in [-0.2, -0.15) is 4.98 Å². The van der Waals surface area contributed by atoms with Crippen molar-refractivity contribution in [2.45, 2.75) is 51.4 Å². The fourth-order valence-electron chi connectivity index (χ4n) is 4.80. The van der Waals surface area contributed by atoms with Crippen LogP contribution in [0.1, 0.15) is 49.4 Å². The van der Waals surface area contributed by atoms with Gasteiger partial charge in [0.15, 0.2) is 11.5 Å². The number of benzene rings is 3. The lowest BCUT2D eigenvalue weighted by atomic mass is 9.94. The number of unbranched alkanes of at least 4 members (excludes halogenated alkanes) is 1. The van der Waals surface area contributed by atoms with Gasteiger partial charge < -0.3 is 20.1 Å². The second-order valence-corrected chi connectivity index (χ2v) is 13.0. The fourth-order valence-corrected chi connectivity index (χ4v) is 6.55. The molecule has 0 bridgehead atoms. The zero-order valence-electron chi connectivity index (χ0n) is 24.4. The highest BCUT2D eigenvalue weighted by atomic mass is 79.9. The van der Waals surface area contributed by atoms with Crippen molar-refractivity contribution >= 4 is 61.2 Å². The summed E-state index contributed by atoms with van der Waals surface area (Å²) in [6, 6.07) is 19.0. The van der Waals surface area contributed by atoms with Crippen LogP contribution >= 0.6 is 43.6 Å². The number of halogens is 2. The first kappa shape index (κ1) is 31.2. The molecule has 1 aliphatic heterocycles. The summed E-state index contributed by atoms with van der Waals surface area (Å²) in [5.74, 6) is 2.38. The summed E-state index contributed by atoms with van der Waals surface area (Å²) in [5.41, 5.74) is 4.83. The van der Waals surface area contributed by atoms with Crippen LogP contribution in [-0.4, -0.2) is 33.5 Å². The monoisotopic (exact) mass is 725 g/mol. The van der Waals surface area contributed by atoms with Crippen LogP contribution in [0.25, 0.3) is 0 Å². The Hall–Kier alpha value is -3.28. The molecular formula is C32H33Br2N5O3S. The van der Waals surface area contributed by atoms with Crippen LogP contribution in [0, 0.1) is 6.92 Å². The highest BCUT2D eigenvalue weighted by Gasteiger charge is 2.35. The maximum Gasteiger partial charge on any atom is 0.255 e. The van der Waals surface area contributed by atoms with Gasteiger partial charge in [0.1, 0.15) is 12.6 Å². The summed E-state index contributed by atoms with van der Waals surface area (Å²) in [7, 11) is 1.61. The van der Waals surface area contributed by atoms with Gasteiger partial charge in [-0.15, -0.1) is 5.10 Å². The number of ether oxygens (including phenoxy) is 2. The zero-order chi connectivity index (χ0) is 30.5. The minimum absolute atomic E-state index is 0.229. The average Bonchev–Trinajstić information content (AvgIpc) is 3.38. The van der Waals surface area contributed by atoms with E-state index in [-0.39, 0.29) is 5.91 Å². The van der Waals surface area contributed by atoms with E-state index in [1.54, 1.807) is 23.6 Å². The predicted molar refractivity (Wildman–Crippen MR) is 179 cm³/mol. The molecule has 3 aromatic carbocycles. The van der Waals surface area contributed by atoms with Gasteiger partial charge in [-0.1, -0.05) is 65.3 Å². The van der Waals surface area contributed by atoms with Gasteiger partial charge >= 0.3 is 0 Å². The molecule has 8 nitrogen and oxygen atoms in total. The van der Waals surface area contributed by atoms with Gasteiger partial charge in [0.2, 0.25) is 11.1 Å². The van der Waals surface area contributed by atoms with Crippen LogP contribution in [0.4, 0.5) is 11.6 Å². The van der Waals surface area contributed by atoms with Gasteiger partial charge in [-0.3, -0.25) is 4.79 Å². The molecule has 1 amide bonds. The minimum Gasteiger partial charge on any atom is -0.493 e. The maximum absolute atomic E-state index is 13.9. The molecule has 0 aliphatic carbocycles. The van der Waals surface area contributed by atoms with Gasteiger partial charge in [0.25, 0.3) is 5.91 Å². The third-order valence-corrected chi connectivity index (χ3v) is 8.99. The molecule has 5 rings (SSSR count). The number of nitrogens with zero attached hydrogens (tertiary/aromatic N) is 3. The SMILES string of the molecule is CCCCSc1nc2n(n1)C(c1cc(Br)c(OCc3ccc(Br)cc3)c(OC)c1)C(C(=O)Nc1cccc(C)c1)=C(C)N2. The van der Waals surface area contributed by atoms with E-state index < -0.39 is 6.04 Å². The van der Waals surface area contributed by atoms with Crippen molar-refractivity contribution in [1.29, 1.82) is 0 Å². The predicted octanol–water partition coefficient (Wildman–Crippen LogP) is 8.52. The topological polar surface area (TPSA) is 90.3 Å². The van der Waals surface area contributed by atoms with Crippen molar-refractivity contribution in [3.05, 3.63) is 97.6 Å². The normalized spacial score (nSPS) is 14.2. The van der Waals surface area contributed by atoms with E-state index in [1.165, 1.54) is 0 Å². The first-order valence-corrected chi connectivity index (χ1v) is 16.5. The van der Waals surface area contributed by atoms with E-state index in [0.717, 1.165) is 45.4 Å². The van der Waals surface area contributed by atoms with E-state index in [0.29, 0.717) is 45.0 Å². The van der Waals surface area contributed by atoms with Crippen LogP contribution in [0.15, 0.2) is 86.0 Å². The Bertz CT molecular complexity index is 1660.